The topological polar surface area (TPSA) is 75.4 Å². The number of hydrogen-bond donors (Lipinski definition) is 2. The number of amides is 3. The van der Waals surface area contributed by atoms with Crippen LogP contribution in [0.3, 0.4) is 0 Å². The van der Waals surface area contributed by atoms with Crippen molar-refractivity contribution in [3.63, 3.8) is 0 Å². The van der Waals surface area contributed by atoms with Gasteiger partial charge in [-0.2, -0.15) is 0 Å². The normalized spacial score (nSPS) is 21.0. The number of hydrogen-bond acceptors (Lipinski definition) is 3. The van der Waals surface area contributed by atoms with E-state index in [0.29, 0.717) is 5.92 Å². The van der Waals surface area contributed by atoms with E-state index in [0.717, 1.165) is 19.5 Å². The van der Waals surface area contributed by atoms with E-state index in [-0.39, 0.29) is 11.9 Å². The molecule has 3 amide bonds. The van der Waals surface area contributed by atoms with E-state index in [1.54, 1.807) is 6.92 Å². The second-order valence-electron chi connectivity index (χ2n) is 4.92. The molecule has 1 aliphatic rings. The number of likely N-dealkylation sites (tertiary alicyclic amines) is 1. The zero-order valence-corrected chi connectivity index (χ0v) is 11.0. The number of carbonyl (C=O) groups excluding carboxylic acids is 2. The first-order chi connectivity index (χ1) is 9.08. The van der Waals surface area contributed by atoms with Crippen molar-refractivity contribution in [2.24, 2.45) is 5.73 Å². The molecule has 1 heterocycles. The summed E-state index contributed by atoms with van der Waals surface area (Å²) in [7, 11) is 0. The number of nitrogens with zero attached hydrogens (tertiary/aromatic N) is 1. The lowest BCUT2D eigenvalue weighted by molar-refractivity contribution is -0.124. The van der Waals surface area contributed by atoms with Crippen LogP contribution in [-0.4, -0.2) is 36.0 Å². The number of imide groups is 1. The molecule has 0 aliphatic carbocycles. The molecular weight excluding hydrogens is 242 g/mol. The van der Waals surface area contributed by atoms with Crippen molar-refractivity contribution in [2.75, 3.05) is 13.1 Å². The van der Waals surface area contributed by atoms with E-state index < -0.39 is 6.03 Å². The molecule has 102 valence electrons. The molecule has 1 fully saturated rings. The predicted octanol–water partition coefficient (Wildman–Crippen LogP) is 1.06. The summed E-state index contributed by atoms with van der Waals surface area (Å²) in [6, 6.07) is 9.16. The van der Waals surface area contributed by atoms with E-state index in [1.165, 1.54) is 5.56 Å². The molecule has 0 aromatic heterocycles. The van der Waals surface area contributed by atoms with E-state index in [9.17, 15) is 9.59 Å². The van der Waals surface area contributed by atoms with Crippen molar-refractivity contribution in [3.05, 3.63) is 35.9 Å². The van der Waals surface area contributed by atoms with Gasteiger partial charge in [0.1, 0.15) is 0 Å². The Hall–Kier alpha value is -1.88. The van der Waals surface area contributed by atoms with Gasteiger partial charge in [-0.1, -0.05) is 30.3 Å². The number of nitrogens with one attached hydrogen (secondary N) is 1. The van der Waals surface area contributed by atoms with Crippen LogP contribution in [0.25, 0.3) is 0 Å². The molecule has 0 unspecified atom stereocenters. The summed E-state index contributed by atoms with van der Waals surface area (Å²) in [5.41, 5.74) is 6.26. The second kappa shape index (κ2) is 5.84. The van der Waals surface area contributed by atoms with Gasteiger partial charge in [-0.25, -0.2) is 4.79 Å². The average Bonchev–Trinajstić information content (AvgIpc) is 2.87. The quantitative estimate of drug-likeness (QED) is 0.854. The van der Waals surface area contributed by atoms with Crippen molar-refractivity contribution in [1.82, 2.24) is 10.2 Å². The standard InChI is InChI=1S/C14H19N3O2/c1-10(13(18)16-14(15)19)17-8-7-12(9-17)11-5-3-2-4-6-11/h2-6,10,12H,7-9H2,1H3,(H3,15,16,18,19)/t10-,12+/m0/s1. The summed E-state index contributed by atoms with van der Waals surface area (Å²) in [5.74, 6) is 0.117. The first-order valence-electron chi connectivity index (χ1n) is 6.47. The highest BCUT2D eigenvalue weighted by molar-refractivity contribution is 5.96. The Labute approximate surface area is 112 Å². The maximum Gasteiger partial charge on any atom is 0.318 e. The van der Waals surface area contributed by atoms with Crippen LogP contribution in [0, 0.1) is 0 Å². The molecule has 19 heavy (non-hydrogen) atoms. The third-order valence-corrected chi connectivity index (χ3v) is 3.66. The fourth-order valence-electron chi connectivity index (χ4n) is 2.53. The number of urea groups is 1. The molecule has 0 radical (unpaired) electrons. The molecule has 0 bridgehead atoms. The van der Waals surface area contributed by atoms with Crippen LogP contribution >= 0.6 is 0 Å². The smallest absolute Gasteiger partial charge is 0.318 e. The summed E-state index contributed by atoms with van der Waals surface area (Å²) in [5, 5.41) is 2.13. The molecule has 5 nitrogen and oxygen atoms in total. The molecule has 1 aromatic rings. The van der Waals surface area contributed by atoms with Gasteiger partial charge >= 0.3 is 6.03 Å². The molecule has 1 aliphatic heterocycles. The van der Waals surface area contributed by atoms with Crippen LogP contribution in [0.5, 0.6) is 0 Å². The third-order valence-electron chi connectivity index (χ3n) is 3.66. The highest BCUT2D eigenvalue weighted by atomic mass is 16.2. The Balaban J connectivity index is 1.95. The van der Waals surface area contributed by atoms with Crippen LogP contribution in [0.4, 0.5) is 4.79 Å². The van der Waals surface area contributed by atoms with Gasteiger partial charge in [-0.05, 0) is 31.4 Å². The van der Waals surface area contributed by atoms with Crippen molar-refractivity contribution in [1.29, 1.82) is 0 Å². The Kier molecular flexibility index (Phi) is 4.16. The maximum atomic E-state index is 11.7. The summed E-state index contributed by atoms with van der Waals surface area (Å²) in [6.07, 6.45) is 1.03. The van der Waals surface area contributed by atoms with Gasteiger partial charge in [0.15, 0.2) is 0 Å². The molecule has 2 atom stereocenters. The number of primary amides is 1. The Morgan fingerprint density at radius 1 is 1.37 bits per heavy atom. The lowest BCUT2D eigenvalue weighted by Crippen LogP contribution is -2.47. The molecule has 1 aromatic carbocycles. The highest BCUT2D eigenvalue weighted by Crippen LogP contribution is 2.28. The van der Waals surface area contributed by atoms with Crippen LogP contribution in [0.15, 0.2) is 30.3 Å². The van der Waals surface area contributed by atoms with Gasteiger partial charge in [-0.15, -0.1) is 0 Å². The van der Waals surface area contributed by atoms with E-state index in [4.69, 9.17) is 5.73 Å². The number of rotatable bonds is 3. The highest BCUT2D eigenvalue weighted by Gasteiger charge is 2.30. The van der Waals surface area contributed by atoms with Crippen molar-refractivity contribution in [2.45, 2.75) is 25.3 Å². The SMILES string of the molecule is C[C@@H](C(=O)NC(N)=O)N1CC[C@@H](c2ccccc2)C1. The Bertz CT molecular complexity index is 461. The summed E-state index contributed by atoms with van der Waals surface area (Å²) in [6.45, 7) is 3.48. The number of nitrogens with two attached hydrogens (primary N) is 1. The minimum Gasteiger partial charge on any atom is -0.351 e. The van der Waals surface area contributed by atoms with Crippen molar-refractivity contribution >= 4 is 11.9 Å². The Morgan fingerprint density at radius 3 is 2.68 bits per heavy atom. The van der Waals surface area contributed by atoms with E-state index in [2.05, 4.69) is 22.3 Å². The molecule has 0 saturated carbocycles. The van der Waals surface area contributed by atoms with Gasteiger partial charge in [0.25, 0.3) is 0 Å². The van der Waals surface area contributed by atoms with Crippen LogP contribution in [-0.2, 0) is 4.79 Å². The monoisotopic (exact) mass is 261 g/mol. The van der Waals surface area contributed by atoms with Gasteiger partial charge < -0.3 is 5.73 Å². The van der Waals surface area contributed by atoms with Gasteiger partial charge in [0.2, 0.25) is 5.91 Å². The first-order valence-corrected chi connectivity index (χ1v) is 6.47. The van der Waals surface area contributed by atoms with Gasteiger partial charge in [-0.3, -0.25) is 15.0 Å². The average molecular weight is 261 g/mol. The molecule has 0 spiro atoms. The first kappa shape index (κ1) is 13.5. The largest absolute Gasteiger partial charge is 0.351 e. The maximum absolute atomic E-state index is 11.7. The van der Waals surface area contributed by atoms with Crippen molar-refractivity contribution < 1.29 is 9.59 Å². The fourth-order valence-corrected chi connectivity index (χ4v) is 2.53. The number of carbonyl (C=O) groups is 2. The zero-order valence-electron chi connectivity index (χ0n) is 11.0. The lowest BCUT2D eigenvalue weighted by Gasteiger charge is -2.22. The minimum atomic E-state index is -0.796. The van der Waals surface area contributed by atoms with E-state index in [1.807, 2.05) is 18.2 Å². The van der Waals surface area contributed by atoms with Crippen LogP contribution < -0.4 is 11.1 Å². The molecule has 1 saturated heterocycles. The summed E-state index contributed by atoms with van der Waals surface area (Å²) in [4.78, 5) is 24.5. The molecular formula is C14H19N3O2. The van der Waals surface area contributed by atoms with Crippen LogP contribution in [0.2, 0.25) is 0 Å². The van der Waals surface area contributed by atoms with Crippen LogP contribution in [0.1, 0.15) is 24.8 Å². The van der Waals surface area contributed by atoms with Gasteiger partial charge in [0.05, 0.1) is 6.04 Å². The van der Waals surface area contributed by atoms with E-state index >= 15 is 0 Å². The zero-order chi connectivity index (χ0) is 13.8. The Morgan fingerprint density at radius 2 is 2.05 bits per heavy atom. The molecule has 3 N–H and O–H groups in total. The predicted molar refractivity (Wildman–Crippen MR) is 72.6 cm³/mol. The number of benzene rings is 1. The molecule has 2 rings (SSSR count). The minimum absolute atomic E-state index is 0.332. The molecule has 5 heteroatoms. The fraction of sp³-hybridized carbons (Fsp3) is 0.429. The third kappa shape index (κ3) is 3.32. The van der Waals surface area contributed by atoms with Gasteiger partial charge in [0, 0.05) is 6.54 Å². The lowest BCUT2D eigenvalue weighted by atomic mass is 9.99. The summed E-state index contributed by atoms with van der Waals surface area (Å²) < 4.78 is 0. The summed E-state index contributed by atoms with van der Waals surface area (Å²) >= 11 is 0. The van der Waals surface area contributed by atoms with Crippen molar-refractivity contribution in [3.8, 4) is 0 Å². The second-order valence-corrected chi connectivity index (χ2v) is 4.92.